The highest BCUT2D eigenvalue weighted by atomic mass is 35.5. The molecule has 1 aromatic heterocycles. The Morgan fingerprint density at radius 2 is 2.12 bits per heavy atom. The summed E-state index contributed by atoms with van der Waals surface area (Å²) in [6, 6.07) is 0.0733. The van der Waals surface area contributed by atoms with Gasteiger partial charge < -0.3 is 0 Å². The van der Waals surface area contributed by atoms with Crippen molar-refractivity contribution >= 4 is 11.6 Å². The second-order valence-corrected chi connectivity index (χ2v) is 5.00. The summed E-state index contributed by atoms with van der Waals surface area (Å²) in [5.41, 5.74) is -0.0436. The highest BCUT2D eigenvalue weighted by Crippen LogP contribution is 2.43. The van der Waals surface area contributed by atoms with Crippen molar-refractivity contribution in [2.75, 3.05) is 0 Å². The van der Waals surface area contributed by atoms with Gasteiger partial charge >= 0.3 is 5.69 Å². The molecule has 17 heavy (non-hydrogen) atoms. The van der Waals surface area contributed by atoms with Crippen molar-refractivity contribution in [3.05, 3.63) is 31.6 Å². The van der Waals surface area contributed by atoms with Gasteiger partial charge in [0.1, 0.15) is 5.15 Å². The number of aromatic nitrogens is 2. The van der Waals surface area contributed by atoms with Crippen LogP contribution in [0, 0.1) is 5.92 Å². The number of nitrogens with one attached hydrogen (secondary N) is 1. The molecule has 0 saturated heterocycles. The Hall–Kier alpha value is -1.03. The van der Waals surface area contributed by atoms with E-state index in [2.05, 4.69) is 11.9 Å². The lowest BCUT2D eigenvalue weighted by Gasteiger charge is -2.07. The van der Waals surface area contributed by atoms with E-state index in [0.29, 0.717) is 17.9 Å². The Morgan fingerprint density at radius 3 is 2.65 bits per heavy atom. The second-order valence-electron chi connectivity index (χ2n) is 4.62. The summed E-state index contributed by atoms with van der Waals surface area (Å²) in [7, 11) is 0. The molecule has 1 saturated carbocycles. The van der Waals surface area contributed by atoms with E-state index in [1.165, 1.54) is 4.57 Å². The summed E-state index contributed by atoms with van der Waals surface area (Å²) < 4.78 is 1.35. The maximum atomic E-state index is 12.2. The summed E-state index contributed by atoms with van der Waals surface area (Å²) in [6.45, 7) is 4.06. The Morgan fingerprint density at radius 1 is 1.41 bits per heavy atom. The summed E-state index contributed by atoms with van der Waals surface area (Å²) in [5.74, 6) is 0.462. The van der Waals surface area contributed by atoms with Gasteiger partial charge in [-0.1, -0.05) is 38.3 Å². The number of halogens is 1. The Labute approximate surface area is 105 Å². The minimum atomic E-state index is -0.374. The number of rotatable bonds is 4. The SMILES string of the molecule is CCCc1c(Cl)[nH]c(=O)n(C2CC2CC)c1=O. The molecule has 1 aliphatic rings. The molecule has 0 radical (unpaired) electrons. The monoisotopic (exact) mass is 256 g/mol. The normalized spacial score (nSPS) is 22.8. The first kappa shape index (κ1) is 12.4. The van der Waals surface area contributed by atoms with Crippen molar-refractivity contribution in [3.8, 4) is 0 Å². The Balaban J connectivity index is 2.49. The average Bonchev–Trinajstić information content (AvgIpc) is 3.03. The first-order valence-corrected chi connectivity index (χ1v) is 6.51. The van der Waals surface area contributed by atoms with Gasteiger partial charge in [0.25, 0.3) is 5.56 Å². The van der Waals surface area contributed by atoms with E-state index in [0.717, 1.165) is 19.3 Å². The van der Waals surface area contributed by atoms with E-state index in [1.54, 1.807) is 0 Å². The maximum Gasteiger partial charge on any atom is 0.329 e. The van der Waals surface area contributed by atoms with Crippen LogP contribution in [0.25, 0.3) is 0 Å². The highest BCUT2D eigenvalue weighted by Gasteiger charge is 2.39. The quantitative estimate of drug-likeness (QED) is 0.839. The molecule has 0 aliphatic heterocycles. The van der Waals surface area contributed by atoms with Gasteiger partial charge in [0, 0.05) is 6.04 Å². The van der Waals surface area contributed by atoms with Crippen LogP contribution in [0.3, 0.4) is 0 Å². The molecule has 5 heteroatoms. The summed E-state index contributed by atoms with van der Waals surface area (Å²) in [5, 5.41) is 0.201. The summed E-state index contributed by atoms with van der Waals surface area (Å²) in [6.07, 6.45) is 3.37. The first-order chi connectivity index (χ1) is 8.10. The van der Waals surface area contributed by atoms with Crippen LogP contribution >= 0.6 is 11.6 Å². The lowest BCUT2D eigenvalue weighted by Crippen LogP contribution is -2.37. The van der Waals surface area contributed by atoms with E-state index in [1.807, 2.05) is 6.92 Å². The summed E-state index contributed by atoms with van der Waals surface area (Å²) in [4.78, 5) is 26.6. The molecule has 2 unspecified atom stereocenters. The standard InChI is InChI=1S/C12H17ClN2O2/c1-3-5-8-10(13)14-12(17)15(11(8)16)9-6-7(9)4-2/h7,9H,3-6H2,1-2H3,(H,14,17). The van der Waals surface area contributed by atoms with Crippen LogP contribution in [0.5, 0.6) is 0 Å². The molecule has 1 aromatic rings. The molecule has 0 aromatic carbocycles. The van der Waals surface area contributed by atoms with E-state index < -0.39 is 0 Å². The molecule has 1 N–H and O–H groups in total. The smallest absolute Gasteiger partial charge is 0.297 e. The lowest BCUT2D eigenvalue weighted by molar-refractivity contribution is 0.583. The third-order valence-electron chi connectivity index (χ3n) is 3.42. The van der Waals surface area contributed by atoms with Crippen molar-refractivity contribution in [1.82, 2.24) is 9.55 Å². The average molecular weight is 257 g/mol. The minimum absolute atomic E-state index is 0.0733. The van der Waals surface area contributed by atoms with Crippen molar-refractivity contribution in [3.63, 3.8) is 0 Å². The van der Waals surface area contributed by atoms with E-state index >= 15 is 0 Å². The molecular weight excluding hydrogens is 240 g/mol. The first-order valence-electron chi connectivity index (χ1n) is 6.13. The van der Waals surface area contributed by atoms with E-state index in [9.17, 15) is 9.59 Å². The van der Waals surface area contributed by atoms with Crippen molar-refractivity contribution in [1.29, 1.82) is 0 Å². The minimum Gasteiger partial charge on any atom is -0.297 e. The molecule has 1 fully saturated rings. The summed E-state index contributed by atoms with van der Waals surface area (Å²) >= 11 is 5.91. The van der Waals surface area contributed by atoms with Crippen LogP contribution in [0.1, 0.15) is 44.7 Å². The van der Waals surface area contributed by atoms with Crippen LogP contribution < -0.4 is 11.2 Å². The highest BCUT2D eigenvalue weighted by molar-refractivity contribution is 6.30. The predicted molar refractivity (Wildman–Crippen MR) is 67.8 cm³/mol. The largest absolute Gasteiger partial charge is 0.329 e. The van der Waals surface area contributed by atoms with Gasteiger partial charge in [-0.2, -0.15) is 0 Å². The second kappa shape index (κ2) is 4.69. The van der Waals surface area contributed by atoms with Gasteiger partial charge in [0.05, 0.1) is 5.56 Å². The third kappa shape index (κ3) is 2.18. The van der Waals surface area contributed by atoms with Crippen molar-refractivity contribution in [2.45, 2.75) is 45.6 Å². The predicted octanol–water partition coefficient (Wildman–Crippen LogP) is 2.11. The molecule has 4 nitrogen and oxygen atoms in total. The number of aromatic amines is 1. The van der Waals surface area contributed by atoms with E-state index in [-0.39, 0.29) is 22.4 Å². The van der Waals surface area contributed by atoms with Gasteiger partial charge in [-0.15, -0.1) is 0 Å². The zero-order valence-electron chi connectivity index (χ0n) is 10.1. The van der Waals surface area contributed by atoms with Crippen LogP contribution in [-0.4, -0.2) is 9.55 Å². The fourth-order valence-corrected chi connectivity index (χ4v) is 2.57. The van der Waals surface area contributed by atoms with Gasteiger partial charge in [-0.05, 0) is 18.8 Å². The molecule has 0 amide bonds. The molecule has 0 spiro atoms. The number of nitrogens with zero attached hydrogens (tertiary/aromatic N) is 1. The van der Waals surface area contributed by atoms with Gasteiger partial charge in [-0.25, -0.2) is 4.79 Å². The molecule has 1 heterocycles. The Bertz CT molecular complexity index is 532. The van der Waals surface area contributed by atoms with Crippen LogP contribution in [0.15, 0.2) is 9.59 Å². The maximum absolute atomic E-state index is 12.2. The molecular formula is C12H17ClN2O2. The van der Waals surface area contributed by atoms with E-state index in [4.69, 9.17) is 11.6 Å². The zero-order valence-corrected chi connectivity index (χ0v) is 10.9. The zero-order chi connectivity index (χ0) is 12.6. The number of hydrogen-bond acceptors (Lipinski definition) is 2. The number of hydrogen-bond donors (Lipinski definition) is 1. The van der Waals surface area contributed by atoms with Gasteiger partial charge in [-0.3, -0.25) is 14.3 Å². The molecule has 2 rings (SSSR count). The molecule has 94 valence electrons. The topological polar surface area (TPSA) is 54.9 Å². The Kier molecular flexibility index (Phi) is 3.43. The fraction of sp³-hybridized carbons (Fsp3) is 0.667. The van der Waals surface area contributed by atoms with Crippen LogP contribution in [0.4, 0.5) is 0 Å². The third-order valence-corrected chi connectivity index (χ3v) is 3.74. The molecule has 0 bridgehead atoms. The lowest BCUT2D eigenvalue weighted by atomic mass is 10.2. The van der Waals surface area contributed by atoms with Crippen molar-refractivity contribution in [2.24, 2.45) is 5.92 Å². The van der Waals surface area contributed by atoms with Crippen LogP contribution in [0.2, 0.25) is 5.15 Å². The van der Waals surface area contributed by atoms with Crippen LogP contribution in [-0.2, 0) is 6.42 Å². The van der Waals surface area contributed by atoms with Gasteiger partial charge in [0.15, 0.2) is 0 Å². The number of H-pyrrole nitrogens is 1. The molecule has 2 atom stereocenters. The molecule has 1 aliphatic carbocycles. The van der Waals surface area contributed by atoms with Gasteiger partial charge in [0.2, 0.25) is 0 Å². The van der Waals surface area contributed by atoms with Crippen molar-refractivity contribution < 1.29 is 0 Å². The fourth-order valence-electron chi connectivity index (χ4n) is 2.32.